The summed E-state index contributed by atoms with van der Waals surface area (Å²) in [7, 11) is 0. The Labute approximate surface area is 168 Å². The molecule has 2 saturated heterocycles. The molecule has 6 nitrogen and oxygen atoms in total. The lowest BCUT2D eigenvalue weighted by molar-refractivity contribution is -0.150. The SMILES string of the molecule is CCOC(=O)[C@H]1CCCN(CC(=O)NC2CCN(Cc3ccccc3)CC2)C1. The van der Waals surface area contributed by atoms with E-state index in [1.54, 1.807) is 0 Å². The Hall–Kier alpha value is -1.92. The fourth-order valence-corrected chi connectivity index (χ4v) is 4.21. The lowest BCUT2D eigenvalue weighted by atomic mass is 9.98. The van der Waals surface area contributed by atoms with Gasteiger partial charge in [-0.3, -0.25) is 19.4 Å². The second-order valence-corrected chi connectivity index (χ2v) is 7.93. The summed E-state index contributed by atoms with van der Waals surface area (Å²) in [5.41, 5.74) is 1.34. The lowest BCUT2D eigenvalue weighted by Gasteiger charge is -2.34. The highest BCUT2D eigenvalue weighted by Gasteiger charge is 2.28. The van der Waals surface area contributed by atoms with E-state index in [9.17, 15) is 9.59 Å². The maximum absolute atomic E-state index is 12.5. The molecule has 2 aliphatic rings. The number of carbonyl (C=O) groups excluding carboxylic acids is 2. The summed E-state index contributed by atoms with van der Waals surface area (Å²) in [6.45, 7) is 7.12. The molecular weight excluding hydrogens is 354 g/mol. The number of nitrogens with zero attached hydrogens (tertiary/aromatic N) is 2. The molecule has 0 radical (unpaired) electrons. The normalized spacial score (nSPS) is 22.0. The third-order valence-corrected chi connectivity index (χ3v) is 5.69. The number of amides is 1. The smallest absolute Gasteiger partial charge is 0.310 e. The molecule has 2 fully saturated rings. The van der Waals surface area contributed by atoms with Crippen molar-refractivity contribution in [1.82, 2.24) is 15.1 Å². The van der Waals surface area contributed by atoms with Crippen molar-refractivity contribution in [3.8, 4) is 0 Å². The molecule has 1 aromatic carbocycles. The first-order valence-corrected chi connectivity index (χ1v) is 10.6. The average molecular weight is 388 g/mol. The van der Waals surface area contributed by atoms with Crippen molar-refractivity contribution in [2.24, 2.45) is 5.92 Å². The molecule has 0 aromatic heterocycles. The van der Waals surface area contributed by atoms with Gasteiger partial charge in [-0.25, -0.2) is 0 Å². The first kappa shape index (κ1) is 20.8. The predicted molar refractivity (Wildman–Crippen MR) is 109 cm³/mol. The van der Waals surface area contributed by atoms with Crippen molar-refractivity contribution >= 4 is 11.9 Å². The number of piperidine rings is 2. The molecule has 2 aliphatic heterocycles. The Balaban J connectivity index is 1.37. The molecule has 0 saturated carbocycles. The van der Waals surface area contributed by atoms with Gasteiger partial charge in [-0.2, -0.15) is 0 Å². The second-order valence-electron chi connectivity index (χ2n) is 7.93. The molecule has 0 aliphatic carbocycles. The van der Waals surface area contributed by atoms with Crippen molar-refractivity contribution in [3.63, 3.8) is 0 Å². The van der Waals surface area contributed by atoms with Gasteiger partial charge in [0, 0.05) is 32.2 Å². The van der Waals surface area contributed by atoms with Crippen LogP contribution >= 0.6 is 0 Å². The fraction of sp³-hybridized carbons (Fsp3) is 0.636. The third-order valence-electron chi connectivity index (χ3n) is 5.69. The summed E-state index contributed by atoms with van der Waals surface area (Å²) in [4.78, 5) is 29.0. The average Bonchev–Trinajstić information content (AvgIpc) is 2.70. The van der Waals surface area contributed by atoms with Gasteiger partial charge in [0.1, 0.15) is 0 Å². The van der Waals surface area contributed by atoms with Gasteiger partial charge in [0.25, 0.3) is 0 Å². The Morgan fingerprint density at radius 1 is 1.07 bits per heavy atom. The Morgan fingerprint density at radius 2 is 1.82 bits per heavy atom. The molecular formula is C22H33N3O3. The van der Waals surface area contributed by atoms with Crippen LogP contribution in [0.25, 0.3) is 0 Å². The molecule has 28 heavy (non-hydrogen) atoms. The summed E-state index contributed by atoms with van der Waals surface area (Å²) < 4.78 is 5.14. The third kappa shape index (κ3) is 6.31. The molecule has 6 heteroatoms. The van der Waals surface area contributed by atoms with Gasteiger partial charge >= 0.3 is 5.97 Å². The Kier molecular flexibility index (Phi) is 7.86. The zero-order chi connectivity index (χ0) is 19.8. The first-order chi connectivity index (χ1) is 13.6. The number of hydrogen-bond donors (Lipinski definition) is 1. The van der Waals surface area contributed by atoms with E-state index in [-0.39, 0.29) is 23.8 Å². The first-order valence-electron chi connectivity index (χ1n) is 10.6. The van der Waals surface area contributed by atoms with E-state index in [1.165, 1.54) is 5.56 Å². The Bertz CT molecular complexity index is 629. The van der Waals surface area contributed by atoms with Crippen molar-refractivity contribution in [2.75, 3.05) is 39.3 Å². The summed E-state index contributed by atoms with van der Waals surface area (Å²) >= 11 is 0. The topological polar surface area (TPSA) is 61.9 Å². The summed E-state index contributed by atoms with van der Waals surface area (Å²) in [5.74, 6) is -0.146. The zero-order valence-electron chi connectivity index (χ0n) is 16.9. The number of carbonyl (C=O) groups is 2. The van der Waals surface area contributed by atoms with E-state index in [2.05, 4.69) is 39.4 Å². The highest BCUT2D eigenvalue weighted by atomic mass is 16.5. The quantitative estimate of drug-likeness (QED) is 0.726. The van der Waals surface area contributed by atoms with E-state index >= 15 is 0 Å². The summed E-state index contributed by atoms with van der Waals surface area (Å²) in [5, 5.41) is 3.20. The van der Waals surface area contributed by atoms with Gasteiger partial charge in [0.15, 0.2) is 0 Å². The summed E-state index contributed by atoms with van der Waals surface area (Å²) in [6.07, 6.45) is 3.78. The zero-order valence-corrected chi connectivity index (χ0v) is 16.9. The Morgan fingerprint density at radius 3 is 2.54 bits per heavy atom. The molecule has 1 N–H and O–H groups in total. The van der Waals surface area contributed by atoms with Gasteiger partial charge in [-0.1, -0.05) is 30.3 Å². The predicted octanol–water partition coefficient (Wildman–Crippen LogP) is 2.04. The van der Waals surface area contributed by atoms with Crippen molar-refractivity contribution in [1.29, 1.82) is 0 Å². The number of hydrogen-bond acceptors (Lipinski definition) is 5. The van der Waals surface area contributed by atoms with Gasteiger partial charge in [-0.05, 0) is 44.7 Å². The minimum Gasteiger partial charge on any atom is -0.466 e. The van der Waals surface area contributed by atoms with Crippen LogP contribution in [0.4, 0.5) is 0 Å². The van der Waals surface area contributed by atoms with Crippen LogP contribution in [0.5, 0.6) is 0 Å². The number of esters is 1. The van der Waals surface area contributed by atoms with Crippen LogP contribution < -0.4 is 5.32 Å². The summed E-state index contributed by atoms with van der Waals surface area (Å²) in [6, 6.07) is 10.8. The van der Waals surface area contributed by atoms with Gasteiger partial charge in [-0.15, -0.1) is 0 Å². The van der Waals surface area contributed by atoms with Crippen LogP contribution in [0.1, 0.15) is 38.2 Å². The van der Waals surface area contributed by atoms with Crippen LogP contribution in [0.2, 0.25) is 0 Å². The largest absolute Gasteiger partial charge is 0.466 e. The van der Waals surface area contributed by atoms with Crippen LogP contribution in [0.15, 0.2) is 30.3 Å². The molecule has 154 valence electrons. The second kappa shape index (κ2) is 10.6. The minimum atomic E-state index is -0.126. The molecule has 3 rings (SSSR count). The number of nitrogens with one attached hydrogen (secondary N) is 1. The van der Waals surface area contributed by atoms with Crippen LogP contribution in [0.3, 0.4) is 0 Å². The van der Waals surface area contributed by atoms with E-state index < -0.39 is 0 Å². The molecule has 1 aromatic rings. The molecule has 2 heterocycles. The highest BCUT2D eigenvalue weighted by molar-refractivity contribution is 5.78. The highest BCUT2D eigenvalue weighted by Crippen LogP contribution is 2.18. The maximum Gasteiger partial charge on any atom is 0.310 e. The molecule has 0 unspecified atom stereocenters. The van der Waals surface area contributed by atoms with Crippen LogP contribution in [-0.2, 0) is 20.9 Å². The maximum atomic E-state index is 12.5. The van der Waals surface area contributed by atoms with Crippen LogP contribution in [-0.4, -0.2) is 67.0 Å². The number of likely N-dealkylation sites (tertiary alicyclic amines) is 2. The number of rotatable bonds is 7. The van der Waals surface area contributed by atoms with E-state index in [0.717, 1.165) is 51.9 Å². The van der Waals surface area contributed by atoms with Gasteiger partial charge in [0.2, 0.25) is 5.91 Å². The van der Waals surface area contributed by atoms with Crippen LogP contribution in [0, 0.1) is 5.92 Å². The molecule has 0 spiro atoms. The van der Waals surface area contributed by atoms with Crippen molar-refractivity contribution in [2.45, 2.75) is 45.2 Å². The molecule has 1 atom stereocenters. The van der Waals surface area contributed by atoms with Gasteiger partial charge in [0.05, 0.1) is 19.1 Å². The van der Waals surface area contributed by atoms with Gasteiger partial charge < -0.3 is 10.1 Å². The number of ether oxygens (including phenoxy) is 1. The van der Waals surface area contributed by atoms with E-state index in [4.69, 9.17) is 4.74 Å². The standard InChI is InChI=1S/C22H33N3O3/c1-2-28-22(27)19-9-6-12-25(16-19)17-21(26)23-20-10-13-24(14-11-20)15-18-7-4-3-5-8-18/h3-5,7-8,19-20H,2,6,9-17H2,1H3,(H,23,26)/t19-/m0/s1. The van der Waals surface area contributed by atoms with Crippen molar-refractivity contribution < 1.29 is 14.3 Å². The van der Waals surface area contributed by atoms with E-state index in [0.29, 0.717) is 19.7 Å². The monoisotopic (exact) mass is 387 g/mol. The lowest BCUT2D eigenvalue weighted by Crippen LogP contribution is -2.49. The number of benzene rings is 1. The minimum absolute atomic E-state index is 0.0750. The fourth-order valence-electron chi connectivity index (χ4n) is 4.21. The molecule has 1 amide bonds. The van der Waals surface area contributed by atoms with E-state index in [1.807, 2.05) is 13.0 Å². The molecule has 0 bridgehead atoms. The van der Waals surface area contributed by atoms with Crippen molar-refractivity contribution in [3.05, 3.63) is 35.9 Å².